The number of benzene rings is 1. The van der Waals surface area contributed by atoms with Crippen LogP contribution in [0.15, 0.2) is 22.7 Å². The van der Waals surface area contributed by atoms with Crippen LogP contribution in [0.3, 0.4) is 0 Å². The van der Waals surface area contributed by atoms with E-state index in [1.54, 1.807) is 12.1 Å². The highest BCUT2D eigenvalue weighted by Crippen LogP contribution is 2.46. The molecule has 2 rings (SSSR count). The predicted octanol–water partition coefficient (Wildman–Crippen LogP) is 2.11. The molecule has 1 fully saturated rings. The molecule has 0 bridgehead atoms. The standard InChI is InChI=1S/C13H13BrFNO3/c14-9-7-8(1-2-10(9)15)3-6-16-11(17)13(4-5-13)12(18)19/h1-2,7H,3-6H2,(H,16,17)(H,18,19). The van der Waals surface area contributed by atoms with E-state index in [0.29, 0.717) is 30.3 Å². The minimum Gasteiger partial charge on any atom is -0.480 e. The molecule has 102 valence electrons. The molecule has 1 aliphatic carbocycles. The number of aliphatic carboxylic acids is 1. The SMILES string of the molecule is O=C(O)C1(C(=O)NCCc2ccc(F)c(Br)c2)CC1. The molecule has 19 heavy (non-hydrogen) atoms. The van der Waals surface area contributed by atoms with E-state index in [0.717, 1.165) is 5.56 Å². The van der Waals surface area contributed by atoms with Crippen LogP contribution in [0.4, 0.5) is 4.39 Å². The number of carboxylic acids is 1. The summed E-state index contributed by atoms with van der Waals surface area (Å²) in [5.41, 5.74) is -0.336. The zero-order valence-electron chi connectivity index (χ0n) is 10.1. The minimum atomic E-state index is -1.20. The highest BCUT2D eigenvalue weighted by atomic mass is 79.9. The van der Waals surface area contributed by atoms with Gasteiger partial charge in [0.15, 0.2) is 0 Å². The Kier molecular flexibility index (Phi) is 3.89. The van der Waals surface area contributed by atoms with Crippen LogP contribution in [0.2, 0.25) is 0 Å². The quantitative estimate of drug-likeness (QED) is 0.813. The maximum atomic E-state index is 13.0. The van der Waals surface area contributed by atoms with Crippen molar-refractivity contribution >= 4 is 27.8 Å². The first kappa shape index (κ1) is 14.0. The van der Waals surface area contributed by atoms with Crippen molar-refractivity contribution in [3.63, 3.8) is 0 Å². The van der Waals surface area contributed by atoms with Crippen LogP contribution in [0.5, 0.6) is 0 Å². The fourth-order valence-electron chi connectivity index (χ4n) is 1.85. The van der Waals surface area contributed by atoms with E-state index in [1.165, 1.54) is 6.07 Å². The van der Waals surface area contributed by atoms with Gasteiger partial charge >= 0.3 is 5.97 Å². The number of nitrogens with one attached hydrogen (secondary N) is 1. The van der Waals surface area contributed by atoms with Crippen molar-refractivity contribution in [2.45, 2.75) is 19.3 Å². The van der Waals surface area contributed by atoms with Crippen LogP contribution in [0.1, 0.15) is 18.4 Å². The van der Waals surface area contributed by atoms with Crippen LogP contribution in [-0.2, 0) is 16.0 Å². The summed E-state index contributed by atoms with van der Waals surface area (Å²) >= 11 is 3.09. The average molecular weight is 330 g/mol. The second kappa shape index (κ2) is 5.28. The topological polar surface area (TPSA) is 66.4 Å². The van der Waals surface area contributed by atoms with E-state index in [2.05, 4.69) is 21.2 Å². The number of hydrogen-bond donors (Lipinski definition) is 2. The first-order valence-corrected chi connectivity index (χ1v) is 6.71. The lowest BCUT2D eigenvalue weighted by Crippen LogP contribution is -2.37. The molecule has 0 aliphatic heterocycles. The van der Waals surface area contributed by atoms with Gasteiger partial charge in [-0.1, -0.05) is 6.07 Å². The lowest BCUT2D eigenvalue weighted by atomic mass is 10.1. The number of carbonyl (C=O) groups is 2. The predicted molar refractivity (Wildman–Crippen MR) is 70.1 cm³/mol. The molecular formula is C13H13BrFNO3. The first-order valence-electron chi connectivity index (χ1n) is 5.91. The molecule has 0 aromatic heterocycles. The van der Waals surface area contributed by atoms with Gasteiger partial charge in [0.1, 0.15) is 11.2 Å². The summed E-state index contributed by atoms with van der Waals surface area (Å²) in [7, 11) is 0. The van der Waals surface area contributed by atoms with Gasteiger partial charge in [0.05, 0.1) is 4.47 Å². The molecule has 6 heteroatoms. The molecule has 0 spiro atoms. The van der Waals surface area contributed by atoms with Gasteiger partial charge in [-0.15, -0.1) is 0 Å². The Hall–Kier alpha value is -1.43. The molecule has 4 nitrogen and oxygen atoms in total. The Morgan fingerprint density at radius 2 is 2.11 bits per heavy atom. The third-order valence-electron chi connectivity index (χ3n) is 3.28. The van der Waals surface area contributed by atoms with Crippen LogP contribution >= 0.6 is 15.9 Å². The summed E-state index contributed by atoms with van der Waals surface area (Å²) in [5.74, 6) is -1.83. The second-order valence-corrected chi connectivity index (χ2v) is 5.50. The lowest BCUT2D eigenvalue weighted by Gasteiger charge is -2.10. The van der Waals surface area contributed by atoms with Gasteiger partial charge < -0.3 is 10.4 Å². The second-order valence-electron chi connectivity index (χ2n) is 4.64. The first-order chi connectivity index (χ1) is 8.95. The summed E-state index contributed by atoms with van der Waals surface area (Å²) in [6.45, 7) is 0.339. The highest BCUT2D eigenvalue weighted by molar-refractivity contribution is 9.10. The van der Waals surface area contributed by atoms with E-state index >= 15 is 0 Å². The molecule has 1 aromatic carbocycles. The van der Waals surface area contributed by atoms with Gasteiger partial charge in [-0.05, 0) is 52.9 Å². The lowest BCUT2D eigenvalue weighted by molar-refractivity contribution is -0.149. The number of hydrogen-bond acceptors (Lipinski definition) is 2. The zero-order valence-corrected chi connectivity index (χ0v) is 11.7. The van der Waals surface area contributed by atoms with Gasteiger partial charge in [-0.25, -0.2) is 4.39 Å². The third kappa shape index (κ3) is 2.94. The Bertz CT molecular complexity index is 529. The number of carbonyl (C=O) groups excluding carboxylic acids is 1. The Balaban J connectivity index is 1.85. The van der Waals surface area contributed by atoms with E-state index in [1.807, 2.05) is 0 Å². The van der Waals surface area contributed by atoms with Crippen molar-refractivity contribution < 1.29 is 19.1 Å². The molecule has 0 saturated heterocycles. The smallest absolute Gasteiger partial charge is 0.319 e. The Labute approximate surface area is 118 Å². The largest absolute Gasteiger partial charge is 0.480 e. The van der Waals surface area contributed by atoms with E-state index < -0.39 is 17.3 Å². The summed E-state index contributed by atoms with van der Waals surface area (Å²) in [5, 5.41) is 11.6. The van der Waals surface area contributed by atoms with E-state index in [9.17, 15) is 14.0 Å². The fraction of sp³-hybridized carbons (Fsp3) is 0.385. The van der Waals surface area contributed by atoms with Crippen molar-refractivity contribution in [3.8, 4) is 0 Å². The van der Waals surface area contributed by atoms with Crippen LogP contribution in [0, 0.1) is 11.2 Å². The molecule has 0 unspecified atom stereocenters. The van der Waals surface area contributed by atoms with Crippen molar-refractivity contribution in [2.24, 2.45) is 5.41 Å². The molecule has 0 heterocycles. The van der Waals surface area contributed by atoms with E-state index in [-0.39, 0.29) is 5.82 Å². The van der Waals surface area contributed by atoms with Gasteiger partial charge in [0.2, 0.25) is 5.91 Å². The van der Waals surface area contributed by atoms with Gasteiger partial charge in [-0.3, -0.25) is 9.59 Å². The maximum Gasteiger partial charge on any atom is 0.319 e. The Morgan fingerprint density at radius 1 is 1.42 bits per heavy atom. The summed E-state index contributed by atoms with van der Waals surface area (Å²) in [6.07, 6.45) is 1.33. The number of halogens is 2. The molecule has 1 aliphatic rings. The van der Waals surface area contributed by atoms with Crippen molar-refractivity contribution in [2.75, 3.05) is 6.54 Å². The number of amides is 1. The molecular weight excluding hydrogens is 317 g/mol. The van der Waals surface area contributed by atoms with E-state index in [4.69, 9.17) is 5.11 Å². The normalized spacial score (nSPS) is 15.9. The zero-order chi connectivity index (χ0) is 14.0. The summed E-state index contributed by atoms with van der Waals surface area (Å²) in [4.78, 5) is 22.7. The molecule has 1 amide bonds. The molecule has 2 N–H and O–H groups in total. The molecule has 0 radical (unpaired) electrons. The highest BCUT2D eigenvalue weighted by Gasteiger charge is 2.56. The number of rotatable bonds is 5. The average Bonchev–Trinajstić information content (AvgIpc) is 3.15. The maximum absolute atomic E-state index is 13.0. The summed E-state index contributed by atoms with van der Waals surface area (Å²) in [6, 6.07) is 4.63. The van der Waals surface area contributed by atoms with Crippen molar-refractivity contribution in [3.05, 3.63) is 34.1 Å². The van der Waals surface area contributed by atoms with Crippen LogP contribution in [-0.4, -0.2) is 23.5 Å². The van der Waals surface area contributed by atoms with Gasteiger partial charge in [0.25, 0.3) is 0 Å². The monoisotopic (exact) mass is 329 g/mol. The minimum absolute atomic E-state index is 0.337. The third-order valence-corrected chi connectivity index (χ3v) is 3.88. The van der Waals surface area contributed by atoms with Crippen LogP contribution < -0.4 is 5.32 Å². The van der Waals surface area contributed by atoms with Crippen molar-refractivity contribution in [1.29, 1.82) is 0 Å². The summed E-state index contributed by atoms with van der Waals surface area (Å²) < 4.78 is 13.4. The van der Waals surface area contributed by atoms with Crippen molar-refractivity contribution in [1.82, 2.24) is 5.32 Å². The molecule has 1 saturated carbocycles. The fourth-order valence-corrected chi connectivity index (χ4v) is 2.27. The van der Waals surface area contributed by atoms with Gasteiger partial charge in [-0.2, -0.15) is 0 Å². The molecule has 0 atom stereocenters. The van der Waals surface area contributed by atoms with Crippen LogP contribution in [0.25, 0.3) is 0 Å². The number of carboxylic acid groups (broad SMARTS) is 1. The molecule has 1 aromatic rings. The van der Waals surface area contributed by atoms with Gasteiger partial charge in [0, 0.05) is 6.54 Å². The Morgan fingerprint density at radius 3 is 2.63 bits per heavy atom.